The second-order valence-corrected chi connectivity index (χ2v) is 9.79. The Morgan fingerprint density at radius 3 is 2.64 bits per heavy atom. The van der Waals surface area contributed by atoms with Crippen molar-refractivity contribution in [2.45, 2.75) is 52.3 Å². The highest BCUT2D eigenvalue weighted by Crippen LogP contribution is 2.38. The van der Waals surface area contributed by atoms with Crippen LogP contribution in [0.25, 0.3) is 0 Å². The quantitative estimate of drug-likeness (QED) is 0.424. The number of rotatable bonds is 8. The smallest absolute Gasteiger partial charge is 0.263 e. The molecule has 36 heavy (non-hydrogen) atoms. The van der Waals surface area contributed by atoms with E-state index in [1.165, 1.54) is 12.1 Å². The number of amides is 2. The van der Waals surface area contributed by atoms with Gasteiger partial charge in [0.25, 0.3) is 5.91 Å². The van der Waals surface area contributed by atoms with Crippen LogP contribution in [0.4, 0.5) is 4.39 Å². The molecule has 1 aliphatic heterocycles. The summed E-state index contributed by atoms with van der Waals surface area (Å²) in [5, 5.41) is 0. The van der Waals surface area contributed by atoms with Gasteiger partial charge in [0.1, 0.15) is 17.3 Å². The molecule has 0 aliphatic carbocycles. The number of hydrogen-bond donors (Lipinski definition) is 0. The normalized spacial score (nSPS) is 15.9. The van der Waals surface area contributed by atoms with E-state index in [4.69, 9.17) is 9.15 Å². The van der Waals surface area contributed by atoms with Crippen molar-refractivity contribution in [2.24, 2.45) is 5.92 Å². The van der Waals surface area contributed by atoms with Crippen LogP contribution in [0.15, 0.2) is 65.3 Å². The topological polar surface area (TPSA) is 63.0 Å². The fourth-order valence-corrected chi connectivity index (χ4v) is 4.72. The standard InChI is InChI=1S/C29H33FN2O4/c1-19(2)15-27(33)32-13-12-21-10-11-24(17-26(21)28(32)22-7-5-8-23(30)16-22)36-20(3)29(34)31(4)18-25-9-6-14-35-25/h5-11,14,16-17,19-20,28H,12-13,15,18H2,1-4H3. The van der Waals surface area contributed by atoms with E-state index < -0.39 is 12.1 Å². The number of halogens is 1. The number of carbonyl (C=O) groups is 2. The first-order valence-corrected chi connectivity index (χ1v) is 12.3. The van der Waals surface area contributed by atoms with E-state index in [0.717, 1.165) is 11.1 Å². The predicted octanol–water partition coefficient (Wildman–Crippen LogP) is 5.36. The second kappa shape index (κ2) is 11.0. The van der Waals surface area contributed by atoms with Crippen molar-refractivity contribution in [1.82, 2.24) is 9.80 Å². The molecule has 190 valence electrons. The van der Waals surface area contributed by atoms with E-state index in [1.807, 2.05) is 49.1 Å². The molecular formula is C29H33FN2O4. The van der Waals surface area contributed by atoms with Crippen LogP contribution in [-0.2, 0) is 22.6 Å². The van der Waals surface area contributed by atoms with Gasteiger partial charge in [-0.1, -0.05) is 32.0 Å². The number of likely N-dealkylation sites (N-methyl/N-ethyl adjacent to an activating group) is 1. The molecule has 6 nitrogen and oxygen atoms in total. The minimum absolute atomic E-state index is 0.0410. The highest BCUT2D eigenvalue weighted by atomic mass is 19.1. The second-order valence-electron chi connectivity index (χ2n) is 9.79. The Kier molecular flexibility index (Phi) is 7.77. The molecule has 1 aliphatic rings. The zero-order valence-electron chi connectivity index (χ0n) is 21.2. The van der Waals surface area contributed by atoms with Gasteiger partial charge in [-0.2, -0.15) is 0 Å². The van der Waals surface area contributed by atoms with Gasteiger partial charge in [0.15, 0.2) is 6.10 Å². The summed E-state index contributed by atoms with van der Waals surface area (Å²) in [5.74, 6) is 0.948. The average molecular weight is 493 g/mol. The Morgan fingerprint density at radius 2 is 1.94 bits per heavy atom. The summed E-state index contributed by atoms with van der Waals surface area (Å²) in [6, 6.07) is 15.3. The largest absolute Gasteiger partial charge is 0.481 e. The van der Waals surface area contributed by atoms with Crippen LogP contribution in [0.2, 0.25) is 0 Å². The van der Waals surface area contributed by atoms with Crippen molar-refractivity contribution < 1.29 is 23.1 Å². The number of hydrogen-bond acceptors (Lipinski definition) is 4. The lowest BCUT2D eigenvalue weighted by molar-refractivity contribution is -0.137. The number of nitrogens with zero attached hydrogens (tertiary/aromatic N) is 2. The predicted molar refractivity (Wildman–Crippen MR) is 135 cm³/mol. The maximum absolute atomic E-state index is 14.2. The van der Waals surface area contributed by atoms with Crippen LogP contribution in [0.3, 0.4) is 0 Å². The van der Waals surface area contributed by atoms with Gasteiger partial charge in [-0.05, 0) is 72.4 Å². The van der Waals surface area contributed by atoms with E-state index in [1.54, 1.807) is 37.3 Å². The molecule has 4 rings (SSSR count). The first-order chi connectivity index (χ1) is 17.2. The summed E-state index contributed by atoms with van der Waals surface area (Å²) >= 11 is 0. The van der Waals surface area contributed by atoms with Crippen molar-refractivity contribution in [3.63, 3.8) is 0 Å². The lowest BCUT2D eigenvalue weighted by Crippen LogP contribution is -2.41. The summed E-state index contributed by atoms with van der Waals surface area (Å²) < 4.78 is 25.6. The van der Waals surface area contributed by atoms with Gasteiger partial charge in [0.2, 0.25) is 5.91 Å². The van der Waals surface area contributed by atoms with E-state index in [0.29, 0.717) is 43.0 Å². The van der Waals surface area contributed by atoms with Crippen LogP contribution in [0.1, 0.15) is 55.7 Å². The molecule has 2 heterocycles. The van der Waals surface area contributed by atoms with Gasteiger partial charge in [-0.15, -0.1) is 0 Å². The van der Waals surface area contributed by atoms with Gasteiger partial charge in [-0.3, -0.25) is 9.59 Å². The third kappa shape index (κ3) is 5.78. The maximum atomic E-state index is 14.2. The number of furan rings is 1. The Hall–Kier alpha value is -3.61. The molecule has 0 radical (unpaired) electrons. The summed E-state index contributed by atoms with van der Waals surface area (Å²) in [4.78, 5) is 29.5. The van der Waals surface area contributed by atoms with Gasteiger partial charge >= 0.3 is 0 Å². The fourth-order valence-electron chi connectivity index (χ4n) is 4.72. The van der Waals surface area contributed by atoms with Crippen LogP contribution < -0.4 is 4.74 Å². The Balaban J connectivity index is 1.60. The molecule has 2 amide bonds. The van der Waals surface area contributed by atoms with Crippen LogP contribution in [0, 0.1) is 11.7 Å². The fraction of sp³-hybridized carbons (Fsp3) is 0.379. The molecule has 1 aromatic heterocycles. The minimum atomic E-state index is -0.724. The third-order valence-corrected chi connectivity index (χ3v) is 6.42. The average Bonchev–Trinajstić information content (AvgIpc) is 3.35. The van der Waals surface area contributed by atoms with E-state index in [-0.39, 0.29) is 23.5 Å². The van der Waals surface area contributed by atoms with E-state index >= 15 is 0 Å². The van der Waals surface area contributed by atoms with Gasteiger partial charge in [0, 0.05) is 20.0 Å². The van der Waals surface area contributed by atoms with Crippen LogP contribution in [-0.4, -0.2) is 41.3 Å². The minimum Gasteiger partial charge on any atom is -0.481 e. The first kappa shape index (κ1) is 25.5. The van der Waals surface area contributed by atoms with Crippen molar-refractivity contribution in [3.05, 3.63) is 89.1 Å². The van der Waals surface area contributed by atoms with Crippen LogP contribution >= 0.6 is 0 Å². The molecule has 0 fully saturated rings. The molecular weight excluding hydrogens is 459 g/mol. The SMILES string of the molecule is CC(C)CC(=O)N1CCc2ccc(OC(C)C(=O)N(C)Cc3ccco3)cc2C1c1cccc(F)c1. The first-order valence-electron chi connectivity index (χ1n) is 12.3. The number of fused-ring (bicyclic) bond motifs is 1. The summed E-state index contributed by atoms with van der Waals surface area (Å²) in [5.41, 5.74) is 2.69. The summed E-state index contributed by atoms with van der Waals surface area (Å²) in [6.07, 6.45) is 1.97. The summed E-state index contributed by atoms with van der Waals surface area (Å²) in [6.45, 7) is 6.65. The highest BCUT2D eigenvalue weighted by Gasteiger charge is 2.33. The molecule has 0 bridgehead atoms. The Labute approximate surface area is 211 Å². The molecule has 3 aromatic rings. The number of benzene rings is 2. The van der Waals surface area contributed by atoms with Crippen molar-refractivity contribution in [1.29, 1.82) is 0 Å². The molecule has 2 atom stereocenters. The van der Waals surface area contributed by atoms with Gasteiger partial charge in [-0.25, -0.2) is 4.39 Å². The Bertz CT molecular complexity index is 1210. The monoisotopic (exact) mass is 492 g/mol. The van der Waals surface area contributed by atoms with E-state index in [9.17, 15) is 14.0 Å². The lowest BCUT2D eigenvalue weighted by atomic mass is 9.87. The third-order valence-electron chi connectivity index (χ3n) is 6.42. The molecule has 0 N–H and O–H groups in total. The van der Waals surface area contributed by atoms with Crippen molar-refractivity contribution in [2.75, 3.05) is 13.6 Å². The van der Waals surface area contributed by atoms with Crippen molar-refractivity contribution in [3.8, 4) is 5.75 Å². The molecule has 0 saturated carbocycles. The van der Waals surface area contributed by atoms with Crippen LogP contribution in [0.5, 0.6) is 5.75 Å². The Morgan fingerprint density at radius 1 is 1.14 bits per heavy atom. The number of ether oxygens (including phenoxy) is 1. The lowest BCUT2D eigenvalue weighted by Gasteiger charge is -2.38. The van der Waals surface area contributed by atoms with E-state index in [2.05, 4.69) is 0 Å². The zero-order valence-corrected chi connectivity index (χ0v) is 21.2. The molecule has 2 aromatic carbocycles. The van der Waals surface area contributed by atoms with Gasteiger partial charge in [0.05, 0.1) is 18.8 Å². The molecule has 0 spiro atoms. The maximum Gasteiger partial charge on any atom is 0.263 e. The van der Waals surface area contributed by atoms with Crippen molar-refractivity contribution >= 4 is 11.8 Å². The number of carbonyl (C=O) groups excluding carboxylic acids is 2. The molecule has 0 saturated heterocycles. The molecule has 7 heteroatoms. The summed E-state index contributed by atoms with van der Waals surface area (Å²) in [7, 11) is 1.70. The zero-order chi connectivity index (χ0) is 25.8. The van der Waals surface area contributed by atoms with Gasteiger partial charge < -0.3 is 19.0 Å². The molecule has 2 unspecified atom stereocenters. The highest BCUT2D eigenvalue weighted by molar-refractivity contribution is 5.80.